The van der Waals surface area contributed by atoms with Gasteiger partial charge in [0.2, 0.25) is 0 Å². The van der Waals surface area contributed by atoms with Crippen LogP contribution in [0.2, 0.25) is 0 Å². The number of aliphatic hydroxyl groups excluding tert-OH is 1. The average molecular weight is 254 g/mol. The van der Waals surface area contributed by atoms with Gasteiger partial charge in [0, 0.05) is 12.6 Å². The molecule has 0 aromatic heterocycles. The third kappa shape index (κ3) is 3.70. The summed E-state index contributed by atoms with van der Waals surface area (Å²) in [6.45, 7) is 1.98. The van der Waals surface area contributed by atoms with Gasteiger partial charge in [-0.05, 0) is 25.5 Å². The zero-order valence-electron chi connectivity index (χ0n) is 9.79. The summed E-state index contributed by atoms with van der Waals surface area (Å²) in [5.74, 6) is -1.21. The Kier molecular flexibility index (Phi) is 4.61. The quantitative estimate of drug-likeness (QED) is 0.523. The fourth-order valence-electron chi connectivity index (χ4n) is 1.38. The summed E-state index contributed by atoms with van der Waals surface area (Å²) in [6.07, 6.45) is -0.0625. The molecule has 7 heteroatoms. The van der Waals surface area contributed by atoms with Gasteiger partial charge in [0.15, 0.2) is 0 Å². The summed E-state index contributed by atoms with van der Waals surface area (Å²) in [7, 11) is 0. The molecular formula is C11H14N2O5. The number of aliphatic hydroxyl groups is 1. The molecule has 0 amide bonds. The molecule has 0 unspecified atom stereocenters. The van der Waals surface area contributed by atoms with Crippen LogP contribution in [-0.2, 0) is 0 Å². The van der Waals surface area contributed by atoms with Crippen LogP contribution in [0.4, 0.5) is 11.4 Å². The van der Waals surface area contributed by atoms with Crippen molar-refractivity contribution in [3.63, 3.8) is 0 Å². The van der Waals surface area contributed by atoms with E-state index in [1.807, 2.05) is 0 Å². The van der Waals surface area contributed by atoms with E-state index in [1.54, 1.807) is 6.92 Å². The van der Waals surface area contributed by atoms with Gasteiger partial charge in [-0.3, -0.25) is 10.1 Å². The molecule has 1 aromatic rings. The number of carbonyl (C=O) groups is 1. The number of nitrogens with zero attached hydrogens (tertiary/aromatic N) is 1. The predicted molar refractivity (Wildman–Crippen MR) is 64.8 cm³/mol. The van der Waals surface area contributed by atoms with E-state index in [4.69, 9.17) is 10.2 Å². The second kappa shape index (κ2) is 5.97. The van der Waals surface area contributed by atoms with Gasteiger partial charge in [0.05, 0.1) is 16.6 Å². The number of carboxylic acid groups (broad SMARTS) is 1. The molecule has 1 aromatic carbocycles. The van der Waals surface area contributed by atoms with Crippen LogP contribution in [0.5, 0.6) is 0 Å². The van der Waals surface area contributed by atoms with Gasteiger partial charge in [-0.25, -0.2) is 4.79 Å². The van der Waals surface area contributed by atoms with E-state index in [-0.39, 0.29) is 16.9 Å². The molecule has 0 fully saturated rings. The van der Waals surface area contributed by atoms with Crippen molar-refractivity contribution in [1.82, 2.24) is 0 Å². The van der Waals surface area contributed by atoms with Crippen LogP contribution < -0.4 is 5.32 Å². The second-order valence-electron chi connectivity index (χ2n) is 3.86. The summed E-state index contributed by atoms with van der Waals surface area (Å²) in [4.78, 5) is 20.9. The summed E-state index contributed by atoms with van der Waals surface area (Å²) in [6, 6.07) is 3.65. The minimum absolute atomic E-state index is 0.136. The fourth-order valence-corrected chi connectivity index (χ4v) is 1.38. The van der Waals surface area contributed by atoms with Crippen LogP contribution in [0.3, 0.4) is 0 Å². The van der Waals surface area contributed by atoms with Crippen LogP contribution in [0.15, 0.2) is 18.2 Å². The lowest BCUT2D eigenvalue weighted by molar-refractivity contribution is -0.384. The third-order valence-electron chi connectivity index (χ3n) is 2.32. The summed E-state index contributed by atoms with van der Waals surface area (Å²) < 4.78 is 0. The van der Waals surface area contributed by atoms with Crippen LogP contribution in [0.1, 0.15) is 23.7 Å². The number of aromatic carboxylic acids is 1. The van der Waals surface area contributed by atoms with Crippen molar-refractivity contribution in [2.45, 2.75) is 19.4 Å². The first-order valence-electron chi connectivity index (χ1n) is 5.35. The molecule has 1 rings (SSSR count). The van der Waals surface area contributed by atoms with E-state index in [1.165, 1.54) is 12.1 Å². The SMILES string of the molecule is C[C@@H](O)CCNc1ccc(C(=O)O)cc1[N+](=O)[O-]. The molecule has 1 atom stereocenters. The zero-order chi connectivity index (χ0) is 13.7. The van der Waals surface area contributed by atoms with Crippen LogP contribution in [0, 0.1) is 10.1 Å². The molecule has 0 radical (unpaired) electrons. The highest BCUT2D eigenvalue weighted by atomic mass is 16.6. The van der Waals surface area contributed by atoms with Crippen LogP contribution in [-0.4, -0.2) is 33.8 Å². The molecule has 0 aliphatic carbocycles. The highest BCUT2D eigenvalue weighted by molar-refractivity contribution is 5.89. The Morgan fingerprint density at radius 1 is 1.56 bits per heavy atom. The van der Waals surface area contributed by atoms with Crippen molar-refractivity contribution >= 4 is 17.3 Å². The van der Waals surface area contributed by atoms with E-state index in [2.05, 4.69) is 5.32 Å². The van der Waals surface area contributed by atoms with Crippen molar-refractivity contribution in [2.24, 2.45) is 0 Å². The standard InChI is InChI=1S/C11H14N2O5/c1-7(14)4-5-12-9-3-2-8(11(15)16)6-10(9)13(17)18/h2-3,6-7,12,14H,4-5H2,1H3,(H,15,16)/t7-/m1/s1. The van der Waals surface area contributed by atoms with E-state index in [0.29, 0.717) is 13.0 Å². The molecular weight excluding hydrogens is 240 g/mol. The molecule has 7 nitrogen and oxygen atoms in total. The maximum Gasteiger partial charge on any atom is 0.335 e. The monoisotopic (exact) mass is 254 g/mol. The Morgan fingerprint density at radius 3 is 2.72 bits per heavy atom. The van der Waals surface area contributed by atoms with Crippen molar-refractivity contribution in [2.75, 3.05) is 11.9 Å². The lowest BCUT2D eigenvalue weighted by Gasteiger charge is -2.08. The topological polar surface area (TPSA) is 113 Å². The maximum atomic E-state index is 10.8. The number of nitro groups is 1. The minimum Gasteiger partial charge on any atom is -0.478 e. The second-order valence-corrected chi connectivity index (χ2v) is 3.86. The number of nitro benzene ring substituents is 1. The Hall–Kier alpha value is -2.15. The molecule has 0 spiro atoms. The van der Waals surface area contributed by atoms with Gasteiger partial charge in [0.25, 0.3) is 5.69 Å². The van der Waals surface area contributed by atoms with Gasteiger partial charge in [-0.15, -0.1) is 0 Å². The van der Waals surface area contributed by atoms with Gasteiger partial charge >= 0.3 is 5.97 Å². The highest BCUT2D eigenvalue weighted by Gasteiger charge is 2.16. The van der Waals surface area contributed by atoms with Gasteiger partial charge in [-0.1, -0.05) is 0 Å². The number of hydrogen-bond acceptors (Lipinski definition) is 5. The summed E-state index contributed by atoms with van der Waals surface area (Å²) in [5.41, 5.74) is -0.186. The Morgan fingerprint density at radius 2 is 2.22 bits per heavy atom. The fraction of sp³-hybridized carbons (Fsp3) is 0.364. The largest absolute Gasteiger partial charge is 0.478 e. The van der Waals surface area contributed by atoms with E-state index in [9.17, 15) is 14.9 Å². The van der Waals surface area contributed by atoms with Gasteiger partial charge in [0.1, 0.15) is 5.69 Å². The molecule has 0 bridgehead atoms. The Bertz CT molecular complexity index is 459. The summed E-state index contributed by atoms with van der Waals surface area (Å²) in [5, 5.41) is 31.4. The maximum absolute atomic E-state index is 10.8. The van der Waals surface area contributed by atoms with Crippen molar-refractivity contribution in [1.29, 1.82) is 0 Å². The Labute approximate surface area is 103 Å². The number of carboxylic acids is 1. The number of anilines is 1. The molecule has 0 aliphatic rings. The van der Waals surface area contributed by atoms with E-state index < -0.39 is 17.0 Å². The third-order valence-corrected chi connectivity index (χ3v) is 2.32. The normalized spacial score (nSPS) is 11.9. The molecule has 18 heavy (non-hydrogen) atoms. The lowest BCUT2D eigenvalue weighted by Crippen LogP contribution is -2.11. The van der Waals surface area contributed by atoms with Crippen molar-refractivity contribution in [3.05, 3.63) is 33.9 Å². The van der Waals surface area contributed by atoms with E-state index in [0.717, 1.165) is 6.07 Å². The van der Waals surface area contributed by atoms with Gasteiger partial charge < -0.3 is 15.5 Å². The first kappa shape index (κ1) is 13.9. The molecule has 0 aliphatic heterocycles. The smallest absolute Gasteiger partial charge is 0.335 e. The van der Waals surface area contributed by atoms with Crippen molar-refractivity contribution in [3.8, 4) is 0 Å². The molecule has 0 saturated carbocycles. The summed E-state index contributed by atoms with van der Waals surface area (Å²) >= 11 is 0. The van der Waals surface area contributed by atoms with Crippen molar-refractivity contribution < 1.29 is 19.9 Å². The predicted octanol–water partition coefficient (Wildman–Crippen LogP) is 1.48. The van der Waals surface area contributed by atoms with Gasteiger partial charge in [-0.2, -0.15) is 0 Å². The Balaban J connectivity index is 2.90. The zero-order valence-corrected chi connectivity index (χ0v) is 9.79. The highest BCUT2D eigenvalue weighted by Crippen LogP contribution is 2.25. The number of rotatable bonds is 6. The molecule has 3 N–H and O–H groups in total. The molecule has 0 saturated heterocycles. The lowest BCUT2D eigenvalue weighted by atomic mass is 10.1. The van der Waals surface area contributed by atoms with Crippen LogP contribution in [0.25, 0.3) is 0 Å². The number of benzene rings is 1. The number of nitrogens with one attached hydrogen (secondary N) is 1. The van der Waals surface area contributed by atoms with Crippen LogP contribution >= 0.6 is 0 Å². The minimum atomic E-state index is -1.21. The first-order chi connectivity index (χ1) is 8.41. The first-order valence-corrected chi connectivity index (χ1v) is 5.35. The van der Waals surface area contributed by atoms with E-state index >= 15 is 0 Å². The average Bonchev–Trinajstić information content (AvgIpc) is 2.28. The molecule has 0 heterocycles. The molecule has 98 valence electrons. The number of hydrogen-bond donors (Lipinski definition) is 3.